The fraction of sp³-hybridized carbons (Fsp3) is 0.476. The standard InChI is InChI=1S/C21H25F2N3O3/c1-2-5-17(24-20(27)10-13-8-15(22)11-16(23)9-13)21(28)25-19-12-18(29-26-19)14-6-3-4-7-14/h8-9,11-12,14,17H,2-7,10H2,1H3,(H,24,27)(H,25,26,28). The van der Waals surface area contributed by atoms with E-state index in [1.807, 2.05) is 6.92 Å². The van der Waals surface area contributed by atoms with Crippen LogP contribution in [0.5, 0.6) is 0 Å². The number of halogens is 2. The van der Waals surface area contributed by atoms with Crippen molar-refractivity contribution in [1.29, 1.82) is 0 Å². The smallest absolute Gasteiger partial charge is 0.248 e. The molecule has 2 amide bonds. The molecule has 0 radical (unpaired) electrons. The minimum absolute atomic E-state index is 0.202. The average molecular weight is 405 g/mol. The summed E-state index contributed by atoms with van der Waals surface area (Å²) in [4.78, 5) is 24.9. The van der Waals surface area contributed by atoms with Crippen LogP contribution in [0.3, 0.4) is 0 Å². The fourth-order valence-electron chi connectivity index (χ4n) is 3.67. The molecule has 0 spiro atoms. The van der Waals surface area contributed by atoms with Crippen molar-refractivity contribution in [3.63, 3.8) is 0 Å². The number of benzene rings is 1. The fourth-order valence-corrected chi connectivity index (χ4v) is 3.67. The lowest BCUT2D eigenvalue weighted by atomic mass is 10.1. The Labute approximate surface area is 168 Å². The second-order valence-corrected chi connectivity index (χ2v) is 7.45. The summed E-state index contributed by atoms with van der Waals surface area (Å²) in [5.74, 6) is -0.973. The van der Waals surface area contributed by atoms with Gasteiger partial charge < -0.3 is 15.2 Å². The van der Waals surface area contributed by atoms with Gasteiger partial charge in [0.1, 0.15) is 23.4 Å². The summed E-state index contributed by atoms with van der Waals surface area (Å²) in [6, 6.07) is 3.88. The van der Waals surface area contributed by atoms with E-state index in [-0.39, 0.29) is 12.0 Å². The number of hydrogen-bond acceptors (Lipinski definition) is 4. The van der Waals surface area contributed by atoms with Crippen molar-refractivity contribution in [2.45, 2.75) is 63.8 Å². The Morgan fingerprint density at radius 1 is 1.17 bits per heavy atom. The van der Waals surface area contributed by atoms with Crippen LogP contribution in [0.2, 0.25) is 0 Å². The summed E-state index contributed by atoms with van der Waals surface area (Å²) < 4.78 is 31.9. The van der Waals surface area contributed by atoms with Crippen LogP contribution < -0.4 is 10.6 Å². The molecule has 0 bridgehead atoms. The molecule has 1 fully saturated rings. The maximum atomic E-state index is 13.3. The number of carbonyl (C=O) groups is 2. The Morgan fingerprint density at radius 2 is 1.86 bits per heavy atom. The van der Waals surface area contributed by atoms with E-state index in [0.717, 1.165) is 49.6 Å². The molecule has 0 saturated heterocycles. The van der Waals surface area contributed by atoms with Crippen LogP contribution in [0.25, 0.3) is 0 Å². The quantitative estimate of drug-likeness (QED) is 0.693. The van der Waals surface area contributed by atoms with Gasteiger partial charge in [0.05, 0.1) is 6.42 Å². The summed E-state index contributed by atoms with van der Waals surface area (Å²) in [5.41, 5.74) is 0.202. The third-order valence-corrected chi connectivity index (χ3v) is 5.05. The number of rotatable bonds is 8. The molecule has 1 aliphatic rings. The Kier molecular flexibility index (Phi) is 6.95. The minimum atomic E-state index is -0.780. The minimum Gasteiger partial charge on any atom is -0.359 e. The molecule has 0 aliphatic heterocycles. The van der Waals surface area contributed by atoms with Gasteiger partial charge in [0.15, 0.2) is 5.82 Å². The Hall–Kier alpha value is -2.77. The molecule has 1 atom stereocenters. The van der Waals surface area contributed by atoms with Crippen molar-refractivity contribution in [3.8, 4) is 0 Å². The first kappa shape index (κ1) is 21.0. The summed E-state index contributed by atoms with van der Waals surface area (Å²) in [6.45, 7) is 1.89. The Bertz CT molecular complexity index is 842. The summed E-state index contributed by atoms with van der Waals surface area (Å²) >= 11 is 0. The molecular weight excluding hydrogens is 380 g/mol. The van der Waals surface area contributed by atoms with E-state index in [0.29, 0.717) is 24.6 Å². The van der Waals surface area contributed by atoms with Gasteiger partial charge in [0.2, 0.25) is 11.8 Å². The molecule has 156 valence electrons. The zero-order valence-corrected chi connectivity index (χ0v) is 16.3. The zero-order chi connectivity index (χ0) is 20.8. The van der Waals surface area contributed by atoms with Gasteiger partial charge in [0.25, 0.3) is 0 Å². The summed E-state index contributed by atoms with van der Waals surface area (Å²) in [7, 11) is 0. The van der Waals surface area contributed by atoms with E-state index < -0.39 is 29.5 Å². The monoisotopic (exact) mass is 405 g/mol. The Morgan fingerprint density at radius 3 is 2.52 bits per heavy atom. The molecule has 1 unspecified atom stereocenters. The van der Waals surface area contributed by atoms with Crippen molar-refractivity contribution >= 4 is 17.6 Å². The highest BCUT2D eigenvalue weighted by atomic mass is 19.1. The molecule has 6 nitrogen and oxygen atoms in total. The van der Waals surface area contributed by atoms with Gasteiger partial charge in [-0.05, 0) is 37.0 Å². The van der Waals surface area contributed by atoms with Gasteiger partial charge in [-0.1, -0.05) is 31.3 Å². The van der Waals surface area contributed by atoms with Gasteiger partial charge in [-0.15, -0.1) is 0 Å². The topological polar surface area (TPSA) is 84.2 Å². The first-order chi connectivity index (χ1) is 13.9. The lowest BCUT2D eigenvalue weighted by Crippen LogP contribution is -2.44. The molecule has 1 aliphatic carbocycles. The molecule has 1 heterocycles. The summed E-state index contributed by atoms with van der Waals surface area (Å²) in [6.07, 6.45) is 5.29. The molecule has 2 N–H and O–H groups in total. The van der Waals surface area contributed by atoms with Gasteiger partial charge in [-0.2, -0.15) is 0 Å². The van der Waals surface area contributed by atoms with E-state index in [1.165, 1.54) is 0 Å². The van der Waals surface area contributed by atoms with Crippen LogP contribution >= 0.6 is 0 Å². The van der Waals surface area contributed by atoms with E-state index in [1.54, 1.807) is 6.07 Å². The SMILES string of the molecule is CCCC(NC(=O)Cc1cc(F)cc(F)c1)C(=O)Nc1cc(C2CCCC2)on1. The lowest BCUT2D eigenvalue weighted by Gasteiger charge is -2.17. The molecule has 29 heavy (non-hydrogen) atoms. The number of nitrogens with zero attached hydrogens (tertiary/aromatic N) is 1. The van der Waals surface area contributed by atoms with Crippen molar-refractivity contribution in [2.75, 3.05) is 5.32 Å². The maximum Gasteiger partial charge on any atom is 0.248 e. The number of amides is 2. The predicted octanol–water partition coefficient (Wildman–Crippen LogP) is 4.08. The van der Waals surface area contributed by atoms with Gasteiger partial charge in [0, 0.05) is 18.1 Å². The van der Waals surface area contributed by atoms with Gasteiger partial charge >= 0.3 is 0 Å². The van der Waals surface area contributed by atoms with Crippen LogP contribution in [0, 0.1) is 11.6 Å². The van der Waals surface area contributed by atoms with Crippen molar-refractivity contribution in [3.05, 3.63) is 47.2 Å². The van der Waals surface area contributed by atoms with E-state index >= 15 is 0 Å². The van der Waals surface area contributed by atoms with E-state index in [9.17, 15) is 18.4 Å². The maximum absolute atomic E-state index is 13.3. The molecule has 3 rings (SSSR count). The van der Waals surface area contributed by atoms with Gasteiger partial charge in [-0.3, -0.25) is 9.59 Å². The number of carbonyl (C=O) groups excluding carboxylic acids is 2. The summed E-state index contributed by atoms with van der Waals surface area (Å²) in [5, 5.41) is 9.22. The molecule has 1 saturated carbocycles. The number of hydrogen-bond donors (Lipinski definition) is 2. The zero-order valence-electron chi connectivity index (χ0n) is 16.3. The highest BCUT2D eigenvalue weighted by Crippen LogP contribution is 2.34. The molecule has 8 heteroatoms. The molecule has 1 aromatic heterocycles. The van der Waals surface area contributed by atoms with E-state index in [4.69, 9.17) is 4.52 Å². The number of anilines is 1. The largest absolute Gasteiger partial charge is 0.359 e. The average Bonchev–Trinajstić information content (AvgIpc) is 3.31. The number of nitrogens with one attached hydrogen (secondary N) is 2. The van der Waals surface area contributed by atoms with E-state index in [2.05, 4.69) is 15.8 Å². The molecule has 2 aromatic rings. The van der Waals surface area contributed by atoms with Crippen LogP contribution in [0.15, 0.2) is 28.8 Å². The predicted molar refractivity (Wildman–Crippen MR) is 103 cm³/mol. The first-order valence-corrected chi connectivity index (χ1v) is 9.96. The molecule has 1 aromatic carbocycles. The highest BCUT2D eigenvalue weighted by molar-refractivity contribution is 5.96. The molecular formula is C21H25F2N3O3. The third-order valence-electron chi connectivity index (χ3n) is 5.05. The van der Waals surface area contributed by atoms with Crippen molar-refractivity contribution < 1.29 is 22.9 Å². The van der Waals surface area contributed by atoms with Gasteiger partial charge in [-0.25, -0.2) is 8.78 Å². The second-order valence-electron chi connectivity index (χ2n) is 7.45. The first-order valence-electron chi connectivity index (χ1n) is 9.96. The van der Waals surface area contributed by atoms with Crippen LogP contribution in [-0.2, 0) is 16.0 Å². The van der Waals surface area contributed by atoms with Crippen molar-refractivity contribution in [1.82, 2.24) is 10.5 Å². The van der Waals surface area contributed by atoms with Crippen molar-refractivity contribution in [2.24, 2.45) is 0 Å². The third kappa shape index (κ3) is 5.85. The second kappa shape index (κ2) is 9.62. The van der Waals surface area contributed by atoms with Crippen LogP contribution in [0.1, 0.15) is 62.7 Å². The van der Waals surface area contributed by atoms with Crippen LogP contribution in [0.4, 0.5) is 14.6 Å². The lowest BCUT2D eigenvalue weighted by molar-refractivity contribution is -0.126. The van der Waals surface area contributed by atoms with Crippen LogP contribution in [-0.4, -0.2) is 23.0 Å². The number of aromatic nitrogens is 1. The normalized spacial score (nSPS) is 15.3. The Balaban J connectivity index is 1.59. The highest BCUT2D eigenvalue weighted by Gasteiger charge is 2.24.